The molecule has 0 unspecified atom stereocenters. The van der Waals surface area contributed by atoms with Crippen LogP contribution in [-0.2, 0) is 4.79 Å². The van der Waals surface area contributed by atoms with Crippen LogP contribution < -0.4 is 5.32 Å². The third-order valence-corrected chi connectivity index (χ3v) is 3.02. The lowest BCUT2D eigenvalue weighted by molar-refractivity contribution is -0.120. The van der Waals surface area contributed by atoms with E-state index >= 15 is 0 Å². The van der Waals surface area contributed by atoms with Gasteiger partial charge in [-0.2, -0.15) is 0 Å². The highest BCUT2D eigenvalue weighted by molar-refractivity contribution is 6.01. The minimum Gasteiger partial charge on any atom is -0.356 e. The van der Waals surface area contributed by atoms with E-state index in [1.165, 1.54) is 0 Å². The van der Waals surface area contributed by atoms with E-state index in [1.807, 2.05) is 49.4 Å². The molecule has 3 heteroatoms. The quantitative estimate of drug-likeness (QED) is 0.835. The molecule has 0 aromatic heterocycles. The maximum Gasteiger partial charge on any atom is 0.220 e. The maximum absolute atomic E-state index is 12.0. The van der Waals surface area contributed by atoms with Crippen molar-refractivity contribution >= 4 is 22.5 Å². The zero-order chi connectivity index (χ0) is 13.7. The second-order valence-electron chi connectivity index (χ2n) is 4.44. The summed E-state index contributed by atoms with van der Waals surface area (Å²) in [7, 11) is 0. The number of nitrogens with one attached hydrogen (secondary N) is 1. The number of benzene rings is 2. The molecule has 0 atom stereocenters. The molecule has 2 rings (SSSR count). The summed E-state index contributed by atoms with van der Waals surface area (Å²) in [6.07, 6.45) is 0.504. The van der Waals surface area contributed by atoms with E-state index in [2.05, 4.69) is 5.32 Å². The molecule has 0 bridgehead atoms. The number of fused-ring (bicyclic) bond motifs is 1. The molecular weight excluding hydrogens is 238 g/mol. The second-order valence-corrected chi connectivity index (χ2v) is 4.44. The van der Waals surface area contributed by atoms with Gasteiger partial charge in [-0.15, -0.1) is 0 Å². The van der Waals surface area contributed by atoms with Crippen LogP contribution in [0.2, 0.25) is 0 Å². The molecule has 3 nitrogen and oxygen atoms in total. The molecule has 0 fully saturated rings. The maximum atomic E-state index is 12.0. The first kappa shape index (κ1) is 13.3. The van der Waals surface area contributed by atoms with Crippen LogP contribution in [0.4, 0.5) is 0 Å². The molecule has 0 aliphatic heterocycles. The molecule has 0 aliphatic rings. The van der Waals surface area contributed by atoms with Crippen molar-refractivity contribution in [3.05, 3.63) is 48.0 Å². The van der Waals surface area contributed by atoms with Crippen LogP contribution in [0.5, 0.6) is 0 Å². The van der Waals surface area contributed by atoms with Crippen LogP contribution in [0.25, 0.3) is 10.8 Å². The van der Waals surface area contributed by atoms with Gasteiger partial charge >= 0.3 is 0 Å². The summed E-state index contributed by atoms with van der Waals surface area (Å²) in [5.41, 5.74) is 0.669. The minimum absolute atomic E-state index is 0.0111. The van der Waals surface area contributed by atoms with Crippen molar-refractivity contribution in [2.24, 2.45) is 0 Å². The van der Waals surface area contributed by atoms with E-state index in [-0.39, 0.29) is 24.5 Å². The first-order valence-electron chi connectivity index (χ1n) is 6.49. The fourth-order valence-electron chi connectivity index (χ4n) is 2.02. The third-order valence-electron chi connectivity index (χ3n) is 3.02. The number of hydrogen-bond acceptors (Lipinski definition) is 2. The zero-order valence-electron chi connectivity index (χ0n) is 11.0. The third kappa shape index (κ3) is 3.41. The molecule has 0 saturated carbocycles. The predicted molar refractivity (Wildman–Crippen MR) is 76.2 cm³/mol. The molecule has 0 spiro atoms. The van der Waals surface area contributed by atoms with Gasteiger partial charge in [-0.1, -0.05) is 36.4 Å². The van der Waals surface area contributed by atoms with Crippen molar-refractivity contribution in [2.45, 2.75) is 19.8 Å². The number of amides is 1. The largest absolute Gasteiger partial charge is 0.356 e. The molecule has 19 heavy (non-hydrogen) atoms. The Morgan fingerprint density at radius 1 is 1.00 bits per heavy atom. The lowest BCUT2D eigenvalue weighted by Crippen LogP contribution is -2.23. The Balaban J connectivity index is 2.07. The molecule has 0 aliphatic carbocycles. The standard InChI is InChI=1S/C16H17NO2/c1-2-17-16(19)10-9-15(18)14-8-7-12-5-3-4-6-13(12)11-14/h3-8,11H,2,9-10H2,1H3,(H,17,19). The van der Waals surface area contributed by atoms with Crippen LogP contribution in [0, 0.1) is 0 Å². The minimum atomic E-state index is -0.0726. The van der Waals surface area contributed by atoms with Gasteiger partial charge in [0.25, 0.3) is 0 Å². The Labute approximate surface area is 112 Å². The van der Waals surface area contributed by atoms with Crippen molar-refractivity contribution < 1.29 is 9.59 Å². The zero-order valence-corrected chi connectivity index (χ0v) is 11.0. The van der Waals surface area contributed by atoms with Crippen molar-refractivity contribution in [3.8, 4) is 0 Å². The summed E-state index contributed by atoms with van der Waals surface area (Å²) in [4.78, 5) is 23.3. The summed E-state index contributed by atoms with van der Waals surface area (Å²) in [5, 5.41) is 4.85. The molecular formula is C16H17NO2. The SMILES string of the molecule is CCNC(=O)CCC(=O)c1ccc2ccccc2c1. The molecule has 0 radical (unpaired) electrons. The van der Waals surface area contributed by atoms with Gasteiger partial charge in [-0.25, -0.2) is 0 Å². The van der Waals surface area contributed by atoms with Crippen LogP contribution in [0.3, 0.4) is 0 Å². The van der Waals surface area contributed by atoms with E-state index in [9.17, 15) is 9.59 Å². The molecule has 2 aromatic rings. The number of carbonyl (C=O) groups is 2. The van der Waals surface area contributed by atoms with Crippen LogP contribution in [0.15, 0.2) is 42.5 Å². The van der Waals surface area contributed by atoms with Crippen LogP contribution >= 0.6 is 0 Å². The molecule has 1 amide bonds. The smallest absolute Gasteiger partial charge is 0.220 e. The summed E-state index contributed by atoms with van der Waals surface area (Å²) in [5.74, 6) is -0.0614. The average Bonchev–Trinajstić information content (AvgIpc) is 2.44. The number of Topliss-reactive ketones (excluding diaryl/α,β-unsaturated/α-hetero) is 1. The molecule has 0 heterocycles. The number of hydrogen-bond donors (Lipinski definition) is 1. The van der Waals surface area contributed by atoms with Gasteiger partial charge in [0.15, 0.2) is 5.78 Å². The van der Waals surface area contributed by atoms with Gasteiger partial charge in [0.2, 0.25) is 5.91 Å². The Morgan fingerprint density at radius 3 is 2.47 bits per heavy atom. The highest BCUT2D eigenvalue weighted by atomic mass is 16.2. The van der Waals surface area contributed by atoms with Crippen LogP contribution in [0.1, 0.15) is 30.1 Å². The normalized spacial score (nSPS) is 10.4. The van der Waals surface area contributed by atoms with E-state index in [4.69, 9.17) is 0 Å². The second kappa shape index (κ2) is 6.14. The lowest BCUT2D eigenvalue weighted by Gasteiger charge is -2.04. The van der Waals surface area contributed by atoms with E-state index in [0.29, 0.717) is 12.1 Å². The van der Waals surface area contributed by atoms with Crippen molar-refractivity contribution in [2.75, 3.05) is 6.54 Å². The van der Waals surface area contributed by atoms with Gasteiger partial charge in [0, 0.05) is 24.9 Å². The highest BCUT2D eigenvalue weighted by Gasteiger charge is 2.09. The topological polar surface area (TPSA) is 46.2 Å². The monoisotopic (exact) mass is 255 g/mol. The fourth-order valence-corrected chi connectivity index (χ4v) is 2.02. The lowest BCUT2D eigenvalue weighted by atomic mass is 10.0. The van der Waals surface area contributed by atoms with E-state index < -0.39 is 0 Å². The molecule has 1 N–H and O–H groups in total. The molecule has 98 valence electrons. The fraction of sp³-hybridized carbons (Fsp3) is 0.250. The predicted octanol–water partition coefficient (Wildman–Crippen LogP) is 2.94. The van der Waals surface area contributed by atoms with Crippen molar-refractivity contribution in [1.82, 2.24) is 5.32 Å². The Kier molecular flexibility index (Phi) is 4.29. The van der Waals surface area contributed by atoms with Crippen molar-refractivity contribution in [1.29, 1.82) is 0 Å². The van der Waals surface area contributed by atoms with E-state index in [0.717, 1.165) is 10.8 Å². The van der Waals surface area contributed by atoms with Gasteiger partial charge in [0.05, 0.1) is 0 Å². The summed E-state index contributed by atoms with van der Waals surface area (Å²) in [6, 6.07) is 13.6. The highest BCUT2D eigenvalue weighted by Crippen LogP contribution is 2.17. The Morgan fingerprint density at radius 2 is 1.74 bits per heavy atom. The summed E-state index contributed by atoms with van der Waals surface area (Å²) in [6.45, 7) is 2.46. The van der Waals surface area contributed by atoms with Gasteiger partial charge < -0.3 is 5.32 Å². The molecule has 0 saturated heterocycles. The van der Waals surface area contributed by atoms with Crippen LogP contribution in [-0.4, -0.2) is 18.2 Å². The van der Waals surface area contributed by atoms with Gasteiger partial charge in [-0.05, 0) is 23.8 Å². The first-order chi connectivity index (χ1) is 9.20. The van der Waals surface area contributed by atoms with Crippen molar-refractivity contribution in [3.63, 3.8) is 0 Å². The Hall–Kier alpha value is -2.16. The van der Waals surface area contributed by atoms with E-state index in [1.54, 1.807) is 0 Å². The summed E-state index contributed by atoms with van der Waals surface area (Å²) < 4.78 is 0. The molecule has 2 aromatic carbocycles. The van der Waals surface area contributed by atoms with Gasteiger partial charge in [0.1, 0.15) is 0 Å². The summed E-state index contributed by atoms with van der Waals surface area (Å²) >= 11 is 0. The van der Waals surface area contributed by atoms with Gasteiger partial charge in [-0.3, -0.25) is 9.59 Å². The number of carbonyl (C=O) groups excluding carboxylic acids is 2. The number of ketones is 1. The first-order valence-corrected chi connectivity index (χ1v) is 6.49. The Bertz CT molecular complexity index is 604. The number of rotatable bonds is 5. The average molecular weight is 255 g/mol.